The molecular weight excluding hydrogens is 489 g/mol. The van der Waals surface area contributed by atoms with Gasteiger partial charge in [-0.25, -0.2) is 19.3 Å². The van der Waals surface area contributed by atoms with Crippen molar-refractivity contribution in [2.45, 2.75) is 19.5 Å². The molecule has 0 saturated heterocycles. The zero-order valence-corrected chi connectivity index (χ0v) is 21.2. The van der Waals surface area contributed by atoms with Gasteiger partial charge in [0, 0.05) is 56.1 Å². The fraction of sp³-hybridized carbons (Fsp3) is 0.269. The quantitative estimate of drug-likeness (QED) is 0.337. The first kappa shape index (κ1) is 23.8. The van der Waals surface area contributed by atoms with Crippen LogP contribution in [0.4, 0.5) is 15.9 Å². The second kappa shape index (κ2) is 9.71. The molecule has 2 N–H and O–H groups in total. The summed E-state index contributed by atoms with van der Waals surface area (Å²) in [5, 5.41) is 7.54. The first-order valence-corrected chi connectivity index (χ1v) is 12.1. The van der Waals surface area contributed by atoms with Gasteiger partial charge in [-0.3, -0.25) is 9.67 Å². The highest BCUT2D eigenvalue weighted by molar-refractivity contribution is 5.77. The van der Waals surface area contributed by atoms with Crippen molar-refractivity contribution >= 4 is 22.7 Å². The number of benzene rings is 1. The number of hydrogen-bond acceptors (Lipinski definition) is 9. The summed E-state index contributed by atoms with van der Waals surface area (Å²) in [6.07, 6.45) is 6.12. The van der Waals surface area contributed by atoms with Crippen molar-refractivity contribution in [1.82, 2.24) is 40.0 Å². The third-order valence-corrected chi connectivity index (χ3v) is 6.47. The number of halogens is 1. The lowest BCUT2D eigenvalue weighted by molar-refractivity contribution is 0.374. The molecule has 0 saturated carbocycles. The number of fused-ring (bicyclic) bond motifs is 2. The summed E-state index contributed by atoms with van der Waals surface area (Å²) in [7, 11) is 4.79. The van der Waals surface area contributed by atoms with E-state index in [0.717, 1.165) is 29.9 Å². The molecule has 194 valence electrons. The lowest BCUT2D eigenvalue weighted by Gasteiger charge is -2.25. The van der Waals surface area contributed by atoms with Gasteiger partial charge in [-0.15, -0.1) is 0 Å². The highest BCUT2D eigenvalue weighted by atomic mass is 19.1. The maximum atomic E-state index is 15.7. The van der Waals surface area contributed by atoms with Crippen molar-refractivity contribution in [2.24, 2.45) is 7.05 Å². The van der Waals surface area contributed by atoms with Gasteiger partial charge in [0.05, 0.1) is 50.2 Å². The van der Waals surface area contributed by atoms with E-state index in [2.05, 4.69) is 20.4 Å². The van der Waals surface area contributed by atoms with Gasteiger partial charge >= 0.3 is 0 Å². The largest absolute Gasteiger partial charge is 0.497 e. The number of imidazole rings is 1. The Labute approximate surface area is 217 Å². The van der Waals surface area contributed by atoms with E-state index in [-0.39, 0.29) is 18.0 Å². The number of nitrogens with one attached hydrogen (secondary N) is 2. The maximum Gasteiger partial charge on any atom is 0.188 e. The zero-order chi connectivity index (χ0) is 26.2. The summed E-state index contributed by atoms with van der Waals surface area (Å²) in [5.74, 6) is 1.13. The lowest BCUT2D eigenvalue weighted by atomic mass is 10.2. The van der Waals surface area contributed by atoms with Crippen molar-refractivity contribution in [3.8, 4) is 22.8 Å². The minimum Gasteiger partial charge on any atom is -0.497 e. The highest BCUT2D eigenvalue weighted by Gasteiger charge is 2.24. The van der Waals surface area contributed by atoms with E-state index in [1.54, 1.807) is 34.1 Å². The fourth-order valence-electron chi connectivity index (χ4n) is 4.54. The lowest BCUT2D eigenvalue weighted by Crippen LogP contribution is -2.23. The minimum atomic E-state index is -0.539. The Kier molecular flexibility index (Phi) is 6.08. The van der Waals surface area contributed by atoms with Crippen LogP contribution in [-0.4, -0.2) is 55.5 Å². The van der Waals surface area contributed by atoms with E-state index in [4.69, 9.17) is 24.4 Å². The van der Waals surface area contributed by atoms with Crippen LogP contribution in [0.3, 0.4) is 0 Å². The minimum absolute atomic E-state index is 0.0618. The topological polar surface area (TPSA) is 119 Å². The van der Waals surface area contributed by atoms with Crippen molar-refractivity contribution in [3.63, 3.8) is 0 Å². The molecule has 6 rings (SSSR count). The predicted molar refractivity (Wildman–Crippen MR) is 139 cm³/mol. The van der Waals surface area contributed by atoms with Crippen molar-refractivity contribution < 1.29 is 13.9 Å². The molecule has 0 amide bonds. The molecule has 0 fully saturated rings. The van der Waals surface area contributed by atoms with Crippen molar-refractivity contribution in [1.29, 1.82) is 0 Å². The maximum absolute atomic E-state index is 15.7. The third kappa shape index (κ3) is 4.39. The van der Waals surface area contributed by atoms with E-state index < -0.39 is 5.82 Å². The smallest absolute Gasteiger partial charge is 0.188 e. The summed E-state index contributed by atoms with van der Waals surface area (Å²) < 4.78 is 28.2. The summed E-state index contributed by atoms with van der Waals surface area (Å²) in [4.78, 5) is 23.9. The Morgan fingerprint density at radius 2 is 2.00 bits per heavy atom. The molecule has 5 aromatic rings. The average Bonchev–Trinajstić information content (AvgIpc) is 3.57. The molecule has 11 nitrogen and oxygen atoms in total. The molecule has 0 unspecified atom stereocenters. The molecule has 12 heteroatoms. The normalized spacial score (nSPS) is 12.9. The number of aromatic nitrogens is 7. The molecule has 0 atom stereocenters. The standard InChI is InChI=1S/C26H26FN9O2/c1-35-13-15(10-30-35)19-12-29-18-4-5-24(34-26(18)33-19)36(14-23-31-17-6-7-28-11-20(17)32-23)21-8-16(37-2)9-22(38-3)25(21)27/h4-5,8-10,12-13,28H,6-7,11,14H2,1-3H3,(H,31,32). The fourth-order valence-corrected chi connectivity index (χ4v) is 4.54. The molecule has 0 radical (unpaired) electrons. The van der Waals surface area contributed by atoms with E-state index in [9.17, 15) is 0 Å². The molecule has 4 aromatic heterocycles. The molecule has 5 heterocycles. The Morgan fingerprint density at radius 1 is 1.11 bits per heavy atom. The molecule has 38 heavy (non-hydrogen) atoms. The van der Waals surface area contributed by atoms with Gasteiger partial charge in [0.15, 0.2) is 17.2 Å². The molecule has 1 aliphatic rings. The van der Waals surface area contributed by atoms with Crippen molar-refractivity contribution in [3.05, 3.63) is 65.9 Å². The molecule has 0 bridgehead atoms. The SMILES string of the molecule is COc1cc(OC)c(F)c(N(Cc2nc3c([nH]2)CCNC3)c2ccc3ncc(-c4cnn(C)c4)nc3n2)c1. The van der Waals surface area contributed by atoms with Crippen molar-refractivity contribution in [2.75, 3.05) is 25.7 Å². The number of aryl methyl sites for hydroxylation is 1. The van der Waals surface area contributed by atoms with Gasteiger partial charge in [0.25, 0.3) is 0 Å². The number of anilines is 2. The van der Waals surface area contributed by atoms with Gasteiger partial charge in [-0.05, 0) is 12.1 Å². The first-order valence-electron chi connectivity index (χ1n) is 12.1. The van der Waals surface area contributed by atoms with Gasteiger partial charge in [0.1, 0.15) is 22.9 Å². The van der Waals surface area contributed by atoms with E-state index >= 15 is 4.39 Å². The van der Waals surface area contributed by atoms with Crippen LogP contribution in [-0.2, 0) is 26.6 Å². The average molecular weight is 516 g/mol. The first-order chi connectivity index (χ1) is 18.5. The highest BCUT2D eigenvalue weighted by Crippen LogP contribution is 2.37. The molecule has 0 aliphatic carbocycles. The number of rotatable bonds is 7. The van der Waals surface area contributed by atoms with Crippen LogP contribution in [0.2, 0.25) is 0 Å². The number of ether oxygens (including phenoxy) is 2. The predicted octanol–water partition coefficient (Wildman–Crippen LogP) is 3.29. The van der Waals surface area contributed by atoms with Gasteiger partial charge < -0.3 is 24.7 Å². The van der Waals surface area contributed by atoms with Crippen LogP contribution >= 0.6 is 0 Å². The van der Waals surface area contributed by atoms with Gasteiger partial charge in [-0.2, -0.15) is 5.10 Å². The monoisotopic (exact) mass is 515 g/mol. The summed E-state index contributed by atoms with van der Waals surface area (Å²) in [6, 6.07) is 6.73. The Hall–Kier alpha value is -4.58. The van der Waals surface area contributed by atoms with Gasteiger partial charge in [-0.1, -0.05) is 0 Å². The third-order valence-electron chi connectivity index (χ3n) is 6.47. The number of H-pyrrole nitrogens is 1. The number of methoxy groups -OCH3 is 2. The van der Waals surface area contributed by atoms with E-state index in [1.165, 1.54) is 20.3 Å². The summed E-state index contributed by atoms with van der Waals surface area (Å²) in [6.45, 7) is 1.80. The van der Waals surface area contributed by atoms with Gasteiger partial charge in [0.2, 0.25) is 0 Å². The number of nitrogens with zero attached hydrogens (tertiary/aromatic N) is 7. The second-order valence-corrected chi connectivity index (χ2v) is 8.95. The van der Waals surface area contributed by atoms with Crippen LogP contribution in [0.25, 0.3) is 22.4 Å². The summed E-state index contributed by atoms with van der Waals surface area (Å²) in [5.41, 5.74) is 4.79. The van der Waals surface area contributed by atoms with E-state index in [0.29, 0.717) is 40.8 Å². The molecule has 1 aromatic carbocycles. The van der Waals surface area contributed by atoms with Crippen LogP contribution in [0.5, 0.6) is 11.5 Å². The van der Waals surface area contributed by atoms with Crippen LogP contribution < -0.4 is 19.7 Å². The molecule has 1 aliphatic heterocycles. The Bertz CT molecular complexity index is 1610. The second-order valence-electron chi connectivity index (χ2n) is 8.95. The Balaban J connectivity index is 1.48. The number of hydrogen-bond donors (Lipinski definition) is 2. The summed E-state index contributed by atoms with van der Waals surface area (Å²) >= 11 is 0. The van der Waals surface area contributed by atoms with Crippen LogP contribution in [0.15, 0.2) is 42.9 Å². The molecular formula is C26H26FN9O2. The van der Waals surface area contributed by atoms with Crippen LogP contribution in [0, 0.1) is 5.82 Å². The van der Waals surface area contributed by atoms with E-state index in [1.807, 2.05) is 19.3 Å². The zero-order valence-electron chi connectivity index (χ0n) is 21.2. The number of pyridine rings is 1. The Morgan fingerprint density at radius 3 is 2.76 bits per heavy atom. The van der Waals surface area contributed by atoms with Crippen LogP contribution in [0.1, 0.15) is 17.2 Å². The molecule has 0 spiro atoms. The number of aromatic amines is 1.